The van der Waals surface area contributed by atoms with E-state index in [4.69, 9.17) is 0 Å². The first-order valence-electron chi connectivity index (χ1n) is 6.26. The van der Waals surface area contributed by atoms with Gasteiger partial charge >= 0.3 is 0 Å². The topological polar surface area (TPSA) is 84.2 Å². The highest BCUT2D eigenvalue weighted by Crippen LogP contribution is 2.18. The van der Waals surface area contributed by atoms with Gasteiger partial charge in [0.15, 0.2) is 0 Å². The van der Waals surface area contributed by atoms with Gasteiger partial charge in [0.05, 0.1) is 18.0 Å². The lowest BCUT2D eigenvalue weighted by molar-refractivity contribution is 0.411. The standard InChI is InChI=1S/C11H19N3O3S/c15-18(16,13-9-11-5-7-17-14-11)8-2-1-6-12-10-3-4-10/h5,7,10,12-13H,1-4,6,8-9H2. The number of rotatable bonds is 9. The van der Waals surface area contributed by atoms with Crippen molar-refractivity contribution in [2.45, 2.75) is 38.3 Å². The van der Waals surface area contributed by atoms with Crippen molar-refractivity contribution in [1.29, 1.82) is 0 Å². The molecule has 0 bridgehead atoms. The molecule has 1 aromatic heterocycles. The number of nitrogens with zero attached hydrogens (tertiary/aromatic N) is 1. The molecular weight excluding hydrogens is 254 g/mol. The van der Waals surface area contributed by atoms with Crippen LogP contribution >= 0.6 is 0 Å². The van der Waals surface area contributed by atoms with Crippen LogP contribution < -0.4 is 10.0 Å². The summed E-state index contributed by atoms with van der Waals surface area (Å²) in [5.41, 5.74) is 0.592. The van der Waals surface area contributed by atoms with E-state index < -0.39 is 10.0 Å². The minimum absolute atomic E-state index is 0.164. The Bertz CT molecular complexity index is 440. The molecule has 2 N–H and O–H groups in total. The Morgan fingerprint density at radius 1 is 1.39 bits per heavy atom. The molecule has 1 fully saturated rings. The SMILES string of the molecule is O=S(=O)(CCCCNC1CC1)NCc1ccon1. The highest BCUT2D eigenvalue weighted by Gasteiger charge is 2.19. The third-order valence-corrected chi connectivity index (χ3v) is 4.22. The van der Waals surface area contributed by atoms with E-state index in [0.717, 1.165) is 13.0 Å². The first-order chi connectivity index (χ1) is 8.66. The van der Waals surface area contributed by atoms with Crippen LogP contribution in [0.5, 0.6) is 0 Å². The van der Waals surface area contributed by atoms with Crippen molar-refractivity contribution in [3.63, 3.8) is 0 Å². The van der Waals surface area contributed by atoms with E-state index in [1.54, 1.807) is 6.07 Å². The Morgan fingerprint density at radius 2 is 2.22 bits per heavy atom. The van der Waals surface area contributed by atoms with Gasteiger partial charge in [-0.05, 0) is 32.2 Å². The molecule has 1 aliphatic rings. The lowest BCUT2D eigenvalue weighted by atomic mass is 10.3. The van der Waals surface area contributed by atoms with Gasteiger partial charge in [-0.15, -0.1) is 0 Å². The van der Waals surface area contributed by atoms with Gasteiger partial charge < -0.3 is 9.84 Å². The van der Waals surface area contributed by atoms with Crippen LogP contribution in [0.1, 0.15) is 31.4 Å². The smallest absolute Gasteiger partial charge is 0.211 e. The molecule has 1 aliphatic carbocycles. The molecule has 0 aliphatic heterocycles. The fourth-order valence-corrected chi connectivity index (χ4v) is 2.69. The number of unbranched alkanes of at least 4 members (excludes halogenated alkanes) is 1. The largest absolute Gasteiger partial charge is 0.364 e. The molecular formula is C11H19N3O3S. The summed E-state index contributed by atoms with van der Waals surface area (Å²) in [6.07, 6.45) is 5.51. The van der Waals surface area contributed by atoms with Gasteiger partial charge in [-0.25, -0.2) is 13.1 Å². The summed E-state index contributed by atoms with van der Waals surface area (Å²) in [6.45, 7) is 1.10. The molecule has 1 heterocycles. The molecule has 102 valence electrons. The number of aromatic nitrogens is 1. The zero-order valence-electron chi connectivity index (χ0n) is 10.3. The van der Waals surface area contributed by atoms with Gasteiger partial charge in [0.25, 0.3) is 0 Å². The van der Waals surface area contributed by atoms with E-state index in [0.29, 0.717) is 18.2 Å². The molecule has 0 spiro atoms. The summed E-state index contributed by atoms with van der Waals surface area (Å²) >= 11 is 0. The molecule has 0 unspecified atom stereocenters. The van der Waals surface area contributed by atoms with Crippen LogP contribution in [-0.2, 0) is 16.6 Å². The number of nitrogens with one attached hydrogen (secondary N) is 2. The zero-order chi connectivity index (χ0) is 12.8. The quantitative estimate of drug-likeness (QED) is 0.645. The fraction of sp³-hybridized carbons (Fsp3) is 0.727. The van der Waals surface area contributed by atoms with Crippen molar-refractivity contribution >= 4 is 10.0 Å². The minimum Gasteiger partial charge on any atom is -0.364 e. The maximum absolute atomic E-state index is 11.6. The molecule has 1 saturated carbocycles. The van der Waals surface area contributed by atoms with E-state index in [2.05, 4.69) is 19.7 Å². The zero-order valence-corrected chi connectivity index (χ0v) is 11.1. The molecule has 0 saturated heterocycles. The molecule has 1 aromatic rings. The maximum Gasteiger partial charge on any atom is 0.211 e. The molecule has 18 heavy (non-hydrogen) atoms. The summed E-state index contributed by atoms with van der Waals surface area (Å²) in [7, 11) is -3.20. The van der Waals surface area contributed by atoms with Crippen molar-refractivity contribution in [2.24, 2.45) is 0 Å². The summed E-state index contributed by atoms with van der Waals surface area (Å²) in [5.74, 6) is 0.164. The Morgan fingerprint density at radius 3 is 2.89 bits per heavy atom. The van der Waals surface area contributed by atoms with Crippen LogP contribution in [0, 0.1) is 0 Å². The number of sulfonamides is 1. The van der Waals surface area contributed by atoms with E-state index in [9.17, 15) is 8.42 Å². The van der Waals surface area contributed by atoms with Gasteiger partial charge in [0.1, 0.15) is 6.26 Å². The van der Waals surface area contributed by atoms with Gasteiger partial charge in [-0.2, -0.15) is 0 Å². The Kier molecular flexibility index (Phi) is 4.73. The molecule has 7 heteroatoms. The lowest BCUT2D eigenvalue weighted by Gasteiger charge is -2.05. The van der Waals surface area contributed by atoms with Gasteiger partial charge in [-0.1, -0.05) is 5.16 Å². The monoisotopic (exact) mass is 273 g/mol. The van der Waals surface area contributed by atoms with Gasteiger partial charge in [0, 0.05) is 12.1 Å². The molecule has 0 amide bonds. The highest BCUT2D eigenvalue weighted by molar-refractivity contribution is 7.89. The Hall–Kier alpha value is -0.920. The summed E-state index contributed by atoms with van der Waals surface area (Å²) in [4.78, 5) is 0. The molecule has 2 rings (SSSR count). The highest BCUT2D eigenvalue weighted by atomic mass is 32.2. The summed E-state index contributed by atoms with van der Waals surface area (Å²) in [6, 6.07) is 2.33. The van der Waals surface area contributed by atoms with Crippen molar-refractivity contribution in [1.82, 2.24) is 15.2 Å². The molecule has 0 radical (unpaired) electrons. The normalized spacial score (nSPS) is 16.0. The molecule has 0 atom stereocenters. The van der Waals surface area contributed by atoms with Crippen LogP contribution in [0.2, 0.25) is 0 Å². The van der Waals surface area contributed by atoms with Crippen LogP contribution in [0.15, 0.2) is 16.9 Å². The predicted molar refractivity (Wildman–Crippen MR) is 67.4 cm³/mol. The average Bonchev–Trinajstić information content (AvgIpc) is 3.00. The second-order valence-electron chi connectivity index (χ2n) is 4.57. The van der Waals surface area contributed by atoms with Crippen molar-refractivity contribution < 1.29 is 12.9 Å². The van der Waals surface area contributed by atoms with Gasteiger partial charge in [-0.3, -0.25) is 0 Å². The molecule has 6 nitrogen and oxygen atoms in total. The summed E-state index contributed by atoms with van der Waals surface area (Å²) < 4.78 is 30.4. The van der Waals surface area contributed by atoms with Crippen LogP contribution in [-0.4, -0.2) is 31.9 Å². The van der Waals surface area contributed by atoms with E-state index in [1.807, 2.05) is 0 Å². The number of hydrogen-bond acceptors (Lipinski definition) is 5. The first-order valence-corrected chi connectivity index (χ1v) is 7.91. The summed E-state index contributed by atoms with van der Waals surface area (Å²) in [5, 5.41) is 7.00. The number of hydrogen-bond donors (Lipinski definition) is 2. The van der Waals surface area contributed by atoms with Gasteiger partial charge in [0.2, 0.25) is 10.0 Å². The van der Waals surface area contributed by atoms with Crippen molar-refractivity contribution in [3.05, 3.63) is 18.0 Å². The van der Waals surface area contributed by atoms with Crippen LogP contribution in [0.3, 0.4) is 0 Å². The maximum atomic E-state index is 11.6. The van der Waals surface area contributed by atoms with Crippen LogP contribution in [0.25, 0.3) is 0 Å². The van der Waals surface area contributed by atoms with E-state index in [-0.39, 0.29) is 12.3 Å². The minimum atomic E-state index is -3.20. The predicted octanol–water partition coefficient (Wildman–Crippen LogP) is 0.626. The molecule has 0 aromatic carbocycles. The van der Waals surface area contributed by atoms with E-state index >= 15 is 0 Å². The second-order valence-corrected chi connectivity index (χ2v) is 6.49. The van der Waals surface area contributed by atoms with E-state index in [1.165, 1.54) is 19.1 Å². The van der Waals surface area contributed by atoms with Crippen LogP contribution in [0.4, 0.5) is 0 Å². The van der Waals surface area contributed by atoms with Crippen molar-refractivity contribution in [2.75, 3.05) is 12.3 Å². The third kappa shape index (κ3) is 5.16. The second kappa shape index (κ2) is 6.31. The fourth-order valence-electron chi connectivity index (χ4n) is 1.60. The lowest BCUT2D eigenvalue weighted by Crippen LogP contribution is -2.26. The van der Waals surface area contributed by atoms with Crippen molar-refractivity contribution in [3.8, 4) is 0 Å². The average molecular weight is 273 g/mol. The Balaban J connectivity index is 1.57. The Labute approximate surface area is 107 Å². The first kappa shape index (κ1) is 13.5. The third-order valence-electron chi connectivity index (χ3n) is 2.81.